The van der Waals surface area contributed by atoms with Crippen LogP contribution in [-0.2, 0) is 10.0 Å². The molecule has 0 radical (unpaired) electrons. The Bertz CT molecular complexity index is 535. The first-order chi connectivity index (χ1) is 8.63. The maximum atomic E-state index is 12.1. The monoisotopic (exact) mass is 306 g/mol. The van der Waals surface area contributed by atoms with Gasteiger partial charge in [-0.15, -0.1) is 0 Å². The molecule has 0 saturated heterocycles. The zero-order valence-electron chi connectivity index (χ0n) is 11.1. The molecule has 5 nitrogen and oxygen atoms in total. The van der Waals surface area contributed by atoms with Crippen molar-refractivity contribution in [2.45, 2.75) is 44.2 Å². The van der Waals surface area contributed by atoms with Crippen molar-refractivity contribution >= 4 is 27.3 Å². The second-order valence-corrected chi connectivity index (χ2v) is 6.85. The van der Waals surface area contributed by atoms with E-state index in [1.54, 1.807) is 20.8 Å². The molecular formula is C12H19ClN2O3S. The lowest BCUT2D eigenvalue weighted by molar-refractivity contribution is 0.175. The van der Waals surface area contributed by atoms with E-state index in [2.05, 4.69) is 4.72 Å². The minimum atomic E-state index is -3.69. The van der Waals surface area contributed by atoms with Gasteiger partial charge in [0.2, 0.25) is 10.0 Å². The zero-order valence-corrected chi connectivity index (χ0v) is 12.7. The molecular weight excluding hydrogens is 288 g/mol. The number of aliphatic hydroxyl groups excluding tert-OH is 1. The van der Waals surface area contributed by atoms with Crippen LogP contribution in [0.1, 0.15) is 25.8 Å². The van der Waals surface area contributed by atoms with E-state index in [0.29, 0.717) is 22.7 Å². The number of nitrogens with one attached hydrogen (secondary N) is 1. The van der Waals surface area contributed by atoms with E-state index in [4.69, 9.17) is 17.3 Å². The molecule has 1 rings (SSSR count). The predicted molar refractivity (Wildman–Crippen MR) is 76.7 cm³/mol. The Labute approximate surface area is 118 Å². The Morgan fingerprint density at radius 1 is 1.42 bits per heavy atom. The maximum absolute atomic E-state index is 12.1. The first kappa shape index (κ1) is 16.2. The summed E-state index contributed by atoms with van der Waals surface area (Å²) >= 11 is 5.93. The van der Waals surface area contributed by atoms with Crippen molar-refractivity contribution in [3.8, 4) is 0 Å². The predicted octanol–water partition coefficient (Wildman–Crippen LogP) is 1.67. The molecule has 0 saturated carbocycles. The molecule has 0 bridgehead atoms. The number of hydrogen-bond acceptors (Lipinski definition) is 4. The smallest absolute Gasteiger partial charge is 0.240 e. The summed E-state index contributed by atoms with van der Waals surface area (Å²) in [5, 5.41) is 9.55. The number of halogens is 1. The van der Waals surface area contributed by atoms with Gasteiger partial charge in [0, 0.05) is 16.8 Å². The third kappa shape index (κ3) is 4.35. The van der Waals surface area contributed by atoms with Gasteiger partial charge in [0.15, 0.2) is 0 Å². The lowest BCUT2D eigenvalue weighted by Crippen LogP contribution is -2.34. The van der Waals surface area contributed by atoms with Crippen molar-refractivity contribution in [1.29, 1.82) is 0 Å². The summed E-state index contributed by atoms with van der Waals surface area (Å²) in [4.78, 5) is 0.0260. The van der Waals surface area contributed by atoms with Crippen LogP contribution in [0.25, 0.3) is 0 Å². The van der Waals surface area contributed by atoms with Gasteiger partial charge in [-0.2, -0.15) is 0 Å². The normalized spacial score (nSPS) is 15.2. The van der Waals surface area contributed by atoms with Crippen molar-refractivity contribution in [3.63, 3.8) is 0 Å². The van der Waals surface area contributed by atoms with Gasteiger partial charge in [0.25, 0.3) is 0 Å². The minimum absolute atomic E-state index is 0.0260. The Hall–Kier alpha value is -0.820. The highest BCUT2D eigenvalue weighted by atomic mass is 35.5. The van der Waals surface area contributed by atoms with Crippen molar-refractivity contribution < 1.29 is 13.5 Å². The Morgan fingerprint density at radius 3 is 2.47 bits per heavy atom. The molecule has 0 aliphatic rings. The van der Waals surface area contributed by atoms with E-state index < -0.39 is 16.1 Å². The number of benzene rings is 1. The van der Waals surface area contributed by atoms with Crippen LogP contribution in [0.4, 0.5) is 5.69 Å². The number of nitrogens with two attached hydrogens (primary N) is 1. The van der Waals surface area contributed by atoms with Crippen molar-refractivity contribution in [3.05, 3.63) is 22.7 Å². The topological polar surface area (TPSA) is 92.4 Å². The molecule has 2 atom stereocenters. The van der Waals surface area contributed by atoms with Gasteiger partial charge in [-0.1, -0.05) is 11.6 Å². The van der Waals surface area contributed by atoms with Crippen LogP contribution in [0.15, 0.2) is 17.0 Å². The molecule has 4 N–H and O–H groups in total. The summed E-state index contributed by atoms with van der Waals surface area (Å²) in [5.74, 6) is 0. The van der Waals surface area contributed by atoms with Crippen molar-refractivity contribution in [2.75, 3.05) is 5.73 Å². The fourth-order valence-electron chi connectivity index (χ4n) is 1.72. The Balaban J connectivity index is 3.01. The van der Waals surface area contributed by atoms with Gasteiger partial charge in [0.05, 0.1) is 11.0 Å². The van der Waals surface area contributed by atoms with Crippen LogP contribution in [0.2, 0.25) is 5.02 Å². The molecule has 2 unspecified atom stereocenters. The van der Waals surface area contributed by atoms with Gasteiger partial charge in [-0.3, -0.25) is 0 Å². The summed E-state index contributed by atoms with van der Waals surface area (Å²) < 4.78 is 26.7. The number of anilines is 1. The highest BCUT2D eigenvalue weighted by Gasteiger charge is 2.20. The molecule has 1 aromatic rings. The molecule has 0 aliphatic carbocycles. The average Bonchev–Trinajstić information content (AvgIpc) is 2.22. The van der Waals surface area contributed by atoms with E-state index in [1.807, 2.05) is 0 Å². The van der Waals surface area contributed by atoms with Gasteiger partial charge in [0.1, 0.15) is 0 Å². The highest BCUT2D eigenvalue weighted by molar-refractivity contribution is 7.89. The quantitative estimate of drug-likeness (QED) is 0.721. The molecule has 7 heteroatoms. The van der Waals surface area contributed by atoms with Crippen molar-refractivity contribution in [1.82, 2.24) is 4.72 Å². The second kappa shape index (κ2) is 6.09. The van der Waals surface area contributed by atoms with Gasteiger partial charge >= 0.3 is 0 Å². The summed E-state index contributed by atoms with van der Waals surface area (Å²) in [7, 11) is -3.69. The van der Waals surface area contributed by atoms with Crippen LogP contribution in [0.5, 0.6) is 0 Å². The standard InChI is InChI=1S/C12H19ClN2O3S/c1-7(4-8(2)16)15-19(17,18)10-5-11(13)9(3)12(14)6-10/h5-8,15-16H,4,14H2,1-3H3. The number of aliphatic hydroxyl groups is 1. The first-order valence-electron chi connectivity index (χ1n) is 5.89. The summed E-state index contributed by atoms with van der Waals surface area (Å²) in [6, 6.07) is 2.36. The van der Waals surface area contributed by atoms with E-state index in [-0.39, 0.29) is 10.9 Å². The molecule has 0 amide bonds. The van der Waals surface area contributed by atoms with E-state index in [1.165, 1.54) is 12.1 Å². The second-order valence-electron chi connectivity index (χ2n) is 4.73. The maximum Gasteiger partial charge on any atom is 0.240 e. The summed E-state index contributed by atoms with van der Waals surface area (Å²) in [5.41, 5.74) is 6.69. The van der Waals surface area contributed by atoms with Crippen LogP contribution < -0.4 is 10.5 Å². The number of rotatable bonds is 5. The molecule has 108 valence electrons. The Kier molecular flexibility index (Phi) is 5.20. The third-order valence-electron chi connectivity index (χ3n) is 2.72. The Morgan fingerprint density at radius 2 is 2.00 bits per heavy atom. The van der Waals surface area contributed by atoms with Crippen LogP contribution in [0.3, 0.4) is 0 Å². The molecule has 0 heterocycles. The largest absolute Gasteiger partial charge is 0.398 e. The van der Waals surface area contributed by atoms with Crippen LogP contribution in [-0.4, -0.2) is 25.7 Å². The minimum Gasteiger partial charge on any atom is -0.398 e. The average molecular weight is 307 g/mol. The van der Waals surface area contributed by atoms with Crippen LogP contribution in [0, 0.1) is 6.92 Å². The number of hydrogen-bond donors (Lipinski definition) is 3. The molecule has 0 aromatic heterocycles. The first-order valence-corrected chi connectivity index (χ1v) is 7.75. The SMILES string of the molecule is Cc1c(N)cc(S(=O)(=O)NC(C)CC(C)O)cc1Cl. The fourth-order valence-corrected chi connectivity index (χ4v) is 3.33. The molecule has 0 fully saturated rings. The zero-order chi connectivity index (χ0) is 14.8. The van der Waals surface area contributed by atoms with E-state index in [0.717, 1.165) is 0 Å². The van der Waals surface area contributed by atoms with Gasteiger partial charge in [-0.25, -0.2) is 13.1 Å². The number of nitrogen functional groups attached to an aromatic ring is 1. The summed E-state index contributed by atoms with van der Waals surface area (Å²) in [6.45, 7) is 5.01. The van der Waals surface area contributed by atoms with E-state index in [9.17, 15) is 13.5 Å². The van der Waals surface area contributed by atoms with E-state index >= 15 is 0 Å². The molecule has 1 aromatic carbocycles. The van der Waals surface area contributed by atoms with Crippen LogP contribution >= 0.6 is 11.6 Å². The fraction of sp³-hybridized carbons (Fsp3) is 0.500. The molecule has 0 aliphatic heterocycles. The molecule has 19 heavy (non-hydrogen) atoms. The van der Waals surface area contributed by atoms with Gasteiger partial charge < -0.3 is 10.8 Å². The summed E-state index contributed by atoms with van der Waals surface area (Å²) in [6.07, 6.45) is -0.252. The lowest BCUT2D eigenvalue weighted by atomic mass is 10.2. The number of sulfonamides is 1. The molecule has 0 spiro atoms. The van der Waals surface area contributed by atoms with Crippen molar-refractivity contribution in [2.24, 2.45) is 0 Å². The highest BCUT2D eigenvalue weighted by Crippen LogP contribution is 2.26. The van der Waals surface area contributed by atoms with Gasteiger partial charge in [-0.05, 0) is 44.9 Å². The third-order valence-corrected chi connectivity index (χ3v) is 4.68. The lowest BCUT2D eigenvalue weighted by Gasteiger charge is -2.16.